The number of anilines is 1. The van der Waals surface area contributed by atoms with E-state index in [9.17, 15) is 8.42 Å². The fourth-order valence-electron chi connectivity index (χ4n) is 2.14. The Morgan fingerprint density at radius 1 is 1.23 bits per heavy atom. The highest BCUT2D eigenvalue weighted by Crippen LogP contribution is 2.27. The minimum atomic E-state index is -3.17. The molecule has 26 heavy (non-hydrogen) atoms. The summed E-state index contributed by atoms with van der Waals surface area (Å²) in [4.78, 5) is 4.55. The minimum absolute atomic E-state index is 0. The van der Waals surface area contributed by atoms with Crippen LogP contribution in [0.15, 0.2) is 52.4 Å². The van der Waals surface area contributed by atoms with Crippen molar-refractivity contribution in [3.05, 3.63) is 53.1 Å². The van der Waals surface area contributed by atoms with Crippen LogP contribution in [0.5, 0.6) is 5.75 Å². The summed E-state index contributed by atoms with van der Waals surface area (Å²) in [6.45, 7) is 0.473. The van der Waals surface area contributed by atoms with Crippen LogP contribution in [-0.4, -0.2) is 34.3 Å². The Kier molecular flexibility index (Phi) is 8.65. The normalized spacial score (nSPS) is 11.6. The van der Waals surface area contributed by atoms with Crippen LogP contribution in [0.1, 0.15) is 5.56 Å². The van der Waals surface area contributed by atoms with Gasteiger partial charge in [0.2, 0.25) is 0 Å². The Labute approximate surface area is 175 Å². The monoisotopic (exact) mass is 509 g/mol. The lowest BCUT2D eigenvalue weighted by Crippen LogP contribution is -2.23. The molecule has 6 nitrogen and oxygen atoms in total. The van der Waals surface area contributed by atoms with Crippen LogP contribution in [0.25, 0.3) is 0 Å². The van der Waals surface area contributed by atoms with E-state index in [0.717, 1.165) is 5.56 Å². The second-order valence-corrected chi connectivity index (χ2v) is 7.83. The summed E-state index contributed by atoms with van der Waals surface area (Å²) in [7, 11) is -1.63. The average Bonchev–Trinajstić information content (AvgIpc) is 2.54. The average molecular weight is 510 g/mol. The molecule has 3 N–H and O–H groups in total. The predicted octanol–water partition coefficient (Wildman–Crippen LogP) is 3.34. The fraction of sp³-hybridized carbons (Fsp3) is 0.235. The third-order valence-electron chi connectivity index (χ3n) is 3.46. The molecule has 0 saturated carbocycles. The summed E-state index contributed by atoms with van der Waals surface area (Å²) in [5.41, 5.74) is 7.55. The molecule has 0 aromatic heterocycles. The third kappa shape index (κ3) is 6.65. The Morgan fingerprint density at radius 3 is 2.42 bits per heavy atom. The van der Waals surface area contributed by atoms with Crippen molar-refractivity contribution in [2.24, 2.45) is 10.7 Å². The number of methoxy groups -OCH3 is 1. The molecular formula is C17H21ClIN3O3S. The number of hydrogen-bond donors (Lipinski definition) is 2. The number of halogens is 2. The van der Waals surface area contributed by atoms with Crippen LogP contribution in [-0.2, 0) is 16.3 Å². The molecule has 2 aromatic rings. The molecule has 0 aliphatic heterocycles. The number of nitrogens with two attached hydrogens (primary N) is 1. The van der Waals surface area contributed by atoms with Gasteiger partial charge < -0.3 is 15.8 Å². The van der Waals surface area contributed by atoms with Gasteiger partial charge in [0.15, 0.2) is 15.8 Å². The molecule has 0 radical (unpaired) electrons. The maximum Gasteiger partial charge on any atom is 0.193 e. The number of nitrogens with one attached hydrogen (secondary N) is 1. The van der Waals surface area contributed by atoms with E-state index < -0.39 is 9.84 Å². The highest BCUT2D eigenvalue weighted by molar-refractivity contribution is 14.0. The van der Waals surface area contributed by atoms with E-state index in [1.807, 2.05) is 0 Å². The van der Waals surface area contributed by atoms with Crippen LogP contribution < -0.4 is 15.8 Å². The summed E-state index contributed by atoms with van der Waals surface area (Å²) in [5.74, 6) is 0.856. The molecule has 0 heterocycles. The topological polar surface area (TPSA) is 93.8 Å². The summed E-state index contributed by atoms with van der Waals surface area (Å²) in [6.07, 6.45) is 1.83. The van der Waals surface area contributed by atoms with Crippen molar-refractivity contribution < 1.29 is 13.2 Å². The lowest BCUT2D eigenvalue weighted by Gasteiger charge is -2.08. The molecule has 9 heteroatoms. The van der Waals surface area contributed by atoms with Gasteiger partial charge in [-0.25, -0.2) is 8.42 Å². The molecule has 0 aliphatic carbocycles. The number of rotatable bonds is 6. The summed E-state index contributed by atoms with van der Waals surface area (Å²) >= 11 is 6.05. The molecule has 0 bridgehead atoms. The van der Waals surface area contributed by atoms with Crippen LogP contribution in [0.3, 0.4) is 0 Å². The zero-order chi connectivity index (χ0) is 18.4. The van der Waals surface area contributed by atoms with Gasteiger partial charge in [0.25, 0.3) is 0 Å². The number of guanidine groups is 1. The van der Waals surface area contributed by atoms with Gasteiger partial charge in [0.05, 0.1) is 17.0 Å². The maximum absolute atomic E-state index is 11.4. The first kappa shape index (κ1) is 22.5. The first-order chi connectivity index (χ1) is 11.8. The van der Waals surface area contributed by atoms with Crippen LogP contribution in [0.4, 0.5) is 5.69 Å². The number of aliphatic imine (C=N–C) groups is 1. The molecule has 0 aliphatic rings. The van der Waals surface area contributed by atoms with Gasteiger partial charge in [-0.2, -0.15) is 0 Å². The van der Waals surface area contributed by atoms with E-state index in [1.54, 1.807) is 49.6 Å². The van der Waals surface area contributed by atoms with Crippen molar-refractivity contribution in [2.75, 3.05) is 25.2 Å². The number of benzene rings is 2. The summed E-state index contributed by atoms with van der Waals surface area (Å²) in [5, 5.41) is 3.44. The quantitative estimate of drug-likeness (QED) is 0.354. The second-order valence-electron chi connectivity index (χ2n) is 5.41. The second kappa shape index (κ2) is 9.98. The summed E-state index contributed by atoms with van der Waals surface area (Å²) < 4.78 is 27.9. The molecule has 0 unspecified atom stereocenters. The van der Waals surface area contributed by atoms with E-state index in [1.165, 1.54) is 6.26 Å². The van der Waals surface area contributed by atoms with Crippen molar-refractivity contribution >= 4 is 57.1 Å². The molecule has 0 fully saturated rings. The van der Waals surface area contributed by atoms with Gasteiger partial charge in [-0.1, -0.05) is 23.7 Å². The Morgan fingerprint density at radius 2 is 1.88 bits per heavy atom. The number of sulfone groups is 1. The molecule has 0 amide bonds. The molecular weight excluding hydrogens is 489 g/mol. The lowest BCUT2D eigenvalue weighted by atomic mass is 10.1. The van der Waals surface area contributed by atoms with E-state index in [2.05, 4.69) is 10.3 Å². The molecule has 142 valence electrons. The van der Waals surface area contributed by atoms with Crippen molar-refractivity contribution in [2.45, 2.75) is 11.3 Å². The zero-order valence-corrected chi connectivity index (χ0v) is 18.3. The number of ether oxygens (including phenoxy) is 1. The Bertz CT molecular complexity index is 871. The van der Waals surface area contributed by atoms with Crippen LogP contribution in [0.2, 0.25) is 5.02 Å². The highest BCUT2D eigenvalue weighted by Gasteiger charge is 2.06. The van der Waals surface area contributed by atoms with E-state index >= 15 is 0 Å². The van der Waals surface area contributed by atoms with Gasteiger partial charge in [-0.05, 0) is 42.3 Å². The standard InChI is InChI=1S/C17H20ClN3O3S.HI/c1-24-16-8-5-13(11-15(16)18)21-17(19)20-10-9-12-3-6-14(7-4-12)25(2,22)23;/h3-8,11H,9-10H2,1-2H3,(H3,19,20,21);1H. The minimum Gasteiger partial charge on any atom is -0.495 e. The largest absolute Gasteiger partial charge is 0.495 e. The number of nitrogens with zero attached hydrogens (tertiary/aromatic N) is 1. The third-order valence-corrected chi connectivity index (χ3v) is 4.88. The maximum atomic E-state index is 11.4. The van der Waals surface area contributed by atoms with E-state index in [4.69, 9.17) is 22.1 Å². The van der Waals surface area contributed by atoms with Crippen molar-refractivity contribution in [3.63, 3.8) is 0 Å². The first-order valence-electron chi connectivity index (χ1n) is 7.49. The Balaban J connectivity index is 0.00000338. The zero-order valence-electron chi connectivity index (χ0n) is 14.4. The fourth-order valence-corrected chi connectivity index (χ4v) is 3.03. The van der Waals surface area contributed by atoms with Crippen molar-refractivity contribution in [1.82, 2.24) is 0 Å². The van der Waals surface area contributed by atoms with E-state index in [-0.39, 0.29) is 29.9 Å². The first-order valence-corrected chi connectivity index (χ1v) is 9.76. The Hall–Kier alpha value is -1.52. The lowest BCUT2D eigenvalue weighted by molar-refractivity contribution is 0.415. The molecule has 2 rings (SSSR count). The molecule has 0 atom stereocenters. The van der Waals surface area contributed by atoms with Gasteiger partial charge >= 0.3 is 0 Å². The predicted molar refractivity (Wildman–Crippen MR) is 117 cm³/mol. The van der Waals surface area contributed by atoms with Gasteiger partial charge in [-0.3, -0.25) is 4.99 Å². The van der Waals surface area contributed by atoms with Gasteiger partial charge in [0, 0.05) is 18.5 Å². The SMILES string of the molecule is COc1ccc(NC(N)=NCCc2ccc(S(C)(=O)=O)cc2)cc1Cl.I. The van der Waals surface area contributed by atoms with Crippen molar-refractivity contribution in [3.8, 4) is 5.75 Å². The van der Waals surface area contributed by atoms with Crippen LogP contribution >= 0.6 is 35.6 Å². The molecule has 0 saturated heterocycles. The summed E-state index contributed by atoms with van der Waals surface area (Å²) in [6, 6.07) is 12.0. The number of hydrogen-bond acceptors (Lipinski definition) is 4. The van der Waals surface area contributed by atoms with Crippen molar-refractivity contribution in [1.29, 1.82) is 0 Å². The molecule has 0 spiro atoms. The van der Waals surface area contributed by atoms with Crippen LogP contribution in [0, 0.1) is 0 Å². The van der Waals surface area contributed by atoms with Gasteiger partial charge in [-0.15, -0.1) is 24.0 Å². The smallest absolute Gasteiger partial charge is 0.193 e. The van der Waals surface area contributed by atoms with E-state index in [0.29, 0.717) is 34.3 Å². The molecule has 2 aromatic carbocycles. The van der Waals surface area contributed by atoms with Gasteiger partial charge in [0.1, 0.15) is 5.75 Å². The highest BCUT2D eigenvalue weighted by atomic mass is 127.